The van der Waals surface area contributed by atoms with Crippen LogP contribution in [-0.4, -0.2) is 17.1 Å². The maximum atomic E-state index is 12.6. The quantitative estimate of drug-likeness (QED) is 0.643. The number of carbonyl (C=O) groups is 1. The molecule has 0 fully saturated rings. The number of H-pyrrole nitrogens is 1. The van der Waals surface area contributed by atoms with Crippen molar-refractivity contribution in [3.05, 3.63) is 80.1 Å². The Morgan fingerprint density at radius 1 is 1.19 bits per heavy atom. The molecule has 3 rings (SSSR count). The summed E-state index contributed by atoms with van der Waals surface area (Å²) in [4.78, 5) is 27.0. The molecule has 1 atom stereocenters. The minimum Gasteiger partial charge on any atom is -0.354 e. The third-order valence-electron chi connectivity index (χ3n) is 3.83. The molecular weight excluding hydrogens is 375 g/mol. The lowest BCUT2D eigenvalue weighted by Gasteiger charge is -2.16. The second-order valence-electron chi connectivity index (χ2n) is 5.76. The second-order valence-corrected chi connectivity index (χ2v) is 6.60. The Labute approximate surface area is 159 Å². The summed E-state index contributed by atoms with van der Waals surface area (Å²) in [6.07, 6.45) is -0.577. The number of hydrogen-bond acceptors (Lipinski definition) is 3. The molecule has 0 saturated carbocycles. The first-order valence-electron chi connectivity index (χ1n) is 7.92. The summed E-state index contributed by atoms with van der Waals surface area (Å²) in [5, 5.41) is 4.44. The first-order chi connectivity index (χ1) is 12.4. The number of para-hydroxylation sites is 1. The molecule has 0 radical (unpaired) electrons. The van der Waals surface area contributed by atoms with Gasteiger partial charge in [-0.15, -0.1) is 0 Å². The van der Waals surface area contributed by atoms with Crippen molar-refractivity contribution in [1.29, 1.82) is 0 Å². The number of aromatic nitrogens is 1. The van der Waals surface area contributed by atoms with Crippen molar-refractivity contribution in [2.24, 2.45) is 0 Å². The van der Waals surface area contributed by atoms with Crippen LogP contribution in [0, 0.1) is 0 Å². The van der Waals surface area contributed by atoms with Crippen molar-refractivity contribution in [3.8, 4) is 0 Å². The lowest BCUT2D eigenvalue weighted by molar-refractivity contribution is 0.0286. The van der Waals surface area contributed by atoms with E-state index in [2.05, 4.69) is 10.3 Å². The van der Waals surface area contributed by atoms with Crippen LogP contribution < -0.4 is 10.9 Å². The molecule has 2 aromatic carbocycles. The van der Waals surface area contributed by atoms with E-state index >= 15 is 0 Å². The Balaban J connectivity index is 1.71. The minimum absolute atomic E-state index is 0.216. The number of nitrogens with one attached hydrogen (secondary N) is 2. The molecule has 0 aliphatic rings. The molecule has 7 heteroatoms. The third-order valence-corrected chi connectivity index (χ3v) is 4.42. The van der Waals surface area contributed by atoms with E-state index in [0.717, 1.165) is 5.56 Å². The lowest BCUT2D eigenvalue weighted by atomic mass is 10.1. The maximum absolute atomic E-state index is 12.6. The largest absolute Gasteiger partial charge is 0.354 e. The number of aromatic amines is 1. The van der Waals surface area contributed by atoms with Gasteiger partial charge in [-0.2, -0.15) is 0 Å². The van der Waals surface area contributed by atoms with Crippen LogP contribution >= 0.6 is 23.2 Å². The lowest BCUT2D eigenvalue weighted by Crippen LogP contribution is -2.35. The van der Waals surface area contributed by atoms with Crippen molar-refractivity contribution >= 4 is 40.0 Å². The molecule has 1 amide bonds. The Bertz CT molecular complexity index is 1020. The molecule has 0 aliphatic heterocycles. The number of halogens is 2. The van der Waals surface area contributed by atoms with Crippen molar-refractivity contribution in [1.82, 2.24) is 10.3 Å². The summed E-state index contributed by atoms with van der Waals surface area (Å²) in [6, 6.07) is 13.5. The van der Waals surface area contributed by atoms with E-state index < -0.39 is 6.23 Å². The summed E-state index contributed by atoms with van der Waals surface area (Å²) < 4.78 is 5.64. The smallest absolute Gasteiger partial charge is 0.254 e. The fourth-order valence-electron chi connectivity index (χ4n) is 2.55. The molecule has 1 unspecified atom stereocenters. The highest BCUT2D eigenvalue weighted by Gasteiger charge is 2.14. The van der Waals surface area contributed by atoms with Crippen LogP contribution in [0.3, 0.4) is 0 Å². The maximum Gasteiger partial charge on any atom is 0.254 e. The molecule has 26 heavy (non-hydrogen) atoms. The highest BCUT2D eigenvalue weighted by Crippen LogP contribution is 2.22. The summed E-state index contributed by atoms with van der Waals surface area (Å²) in [5.74, 6) is -0.387. The second kappa shape index (κ2) is 7.91. The average Bonchev–Trinajstić information content (AvgIpc) is 2.60. The van der Waals surface area contributed by atoms with Gasteiger partial charge in [0.15, 0.2) is 0 Å². The zero-order valence-electron chi connectivity index (χ0n) is 13.9. The summed E-state index contributed by atoms with van der Waals surface area (Å²) in [5.41, 5.74) is 1.32. The standard InChI is InChI=1S/C19H16Cl2N2O3/c1-11(26-10-12-6-7-13(20)8-16(12)21)22-19(25)15-9-18(24)23-17-5-3-2-4-14(15)17/h2-9,11H,10H2,1H3,(H,22,25)(H,23,24). The van der Waals surface area contributed by atoms with Gasteiger partial charge in [-0.25, -0.2) is 0 Å². The van der Waals surface area contributed by atoms with Crippen LogP contribution in [0.5, 0.6) is 0 Å². The van der Waals surface area contributed by atoms with Gasteiger partial charge in [0.1, 0.15) is 6.23 Å². The number of ether oxygens (including phenoxy) is 1. The summed E-state index contributed by atoms with van der Waals surface area (Å²) in [6.45, 7) is 1.92. The van der Waals surface area contributed by atoms with Gasteiger partial charge in [0.05, 0.1) is 12.2 Å². The van der Waals surface area contributed by atoms with Gasteiger partial charge in [0.2, 0.25) is 5.56 Å². The summed E-state index contributed by atoms with van der Waals surface area (Å²) >= 11 is 12.0. The molecule has 3 aromatic rings. The molecule has 0 spiro atoms. The van der Waals surface area contributed by atoms with Crippen molar-refractivity contribution in [2.75, 3.05) is 0 Å². The van der Waals surface area contributed by atoms with Gasteiger partial charge >= 0.3 is 0 Å². The SMILES string of the molecule is CC(NC(=O)c1cc(=O)[nH]c2ccccc12)OCc1ccc(Cl)cc1Cl. The van der Waals surface area contributed by atoms with Gasteiger partial charge in [-0.3, -0.25) is 9.59 Å². The van der Waals surface area contributed by atoms with Gasteiger partial charge in [0, 0.05) is 27.0 Å². The molecule has 0 bridgehead atoms. The van der Waals surface area contributed by atoms with Crippen molar-refractivity contribution < 1.29 is 9.53 Å². The third kappa shape index (κ3) is 4.25. The number of carbonyl (C=O) groups excluding carboxylic acids is 1. The van der Waals surface area contributed by atoms with Crippen LogP contribution in [0.4, 0.5) is 0 Å². The predicted molar refractivity (Wildman–Crippen MR) is 103 cm³/mol. The number of rotatable bonds is 5. The highest BCUT2D eigenvalue weighted by atomic mass is 35.5. The van der Waals surface area contributed by atoms with E-state index in [-0.39, 0.29) is 18.1 Å². The van der Waals surface area contributed by atoms with Crippen LogP contribution in [0.2, 0.25) is 10.0 Å². The highest BCUT2D eigenvalue weighted by molar-refractivity contribution is 6.35. The molecule has 2 N–H and O–H groups in total. The van der Waals surface area contributed by atoms with Crippen molar-refractivity contribution in [3.63, 3.8) is 0 Å². The van der Waals surface area contributed by atoms with Gasteiger partial charge < -0.3 is 15.0 Å². The Kier molecular flexibility index (Phi) is 5.61. The molecule has 0 saturated heterocycles. The molecule has 5 nitrogen and oxygen atoms in total. The fraction of sp³-hybridized carbons (Fsp3) is 0.158. The molecule has 1 heterocycles. The van der Waals surface area contributed by atoms with E-state index in [9.17, 15) is 9.59 Å². The molecule has 0 aliphatic carbocycles. The Morgan fingerprint density at radius 3 is 2.73 bits per heavy atom. The average molecular weight is 391 g/mol. The first-order valence-corrected chi connectivity index (χ1v) is 8.68. The van der Waals surface area contributed by atoms with E-state index in [0.29, 0.717) is 26.5 Å². The van der Waals surface area contributed by atoms with E-state index in [1.54, 1.807) is 49.4 Å². The molecule has 134 valence electrons. The predicted octanol–water partition coefficient (Wildman–Crippen LogP) is 4.13. The van der Waals surface area contributed by atoms with Gasteiger partial charge in [-0.1, -0.05) is 47.5 Å². The number of amides is 1. The number of pyridine rings is 1. The van der Waals surface area contributed by atoms with Crippen LogP contribution in [0.25, 0.3) is 10.9 Å². The number of hydrogen-bond donors (Lipinski definition) is 2. The number of fused-ring (bicyclic) bond motifs is 1. The fourth-order valence-corrected chi connectivity index (χ4v) is 3.01. The molecular formula is C19H16Cl2N2O3. The van der Waals surface area contributed by atoms with Crippen LogP contribution in [0.15, 0.2) is 53.3 Å². The normalized spacial score (nSPS) is 12.1. The van der Waals surface area contributed by atoms with Crippen LogP contribution in [-0.2, 0) is 11.3 Å². The number of benzene rings is 2. The van der Waals surface area contributed by atoms with E-state index in [1.165, 1.54) is 6.07 Å². The molecule has 1 aromatic heterocycles. The topological polar surface area (TPSA) is 71.2 Å². The van der Waals surface area contributed by atoms with Gasteiger partial charge in [-0.05, 0) is 30.7 Å². The van der Waals surface area contributed by atoms with Gasteiger partial charge in [0.25, 0.3) is 5.91 Å². The zero-order valence-corrected chi connectivity index (χ0v) is 15.4. The van der Waals surface area contributed by atoms with Crippen LogP contribution in [0.1, 0.15) is 22.8 Å². The summed E-state index contributed by atoms with van der Waals surface area (Å²) in [7, 11) is 0. The van der Waals surface area contributed by atoms with E-state index in [1.807, 2.05) is 0 Å². The monoisotopic (exact) mass is 390 g/mol. The zero-order chi connectivity index (χ0) is 18.7. The Morgan fingerprint density at radius 2 is 1.96 bits per heavy atom. The minimum atomic E-state index is -0.577. The van der Waals surface area contributed by atoms with E-state index in [4.69, 9.17) is 27.9 Å². The van der Waals surface area contributed by atoms with Crippen molar-refractivity contribution in [2.45, 2.75) is 19.8 Å². The first kappa shape index (κ1) is 18.5. The Hall–Kier alpha value is -2.34.